The van der Waals surface area contributed by atoms with E-state index in [1.807, 2.05) is 6.79 Å². The predicted molar refractivity (Wildman–Crippen MR) is 33.8 cm³/mol. The van der Waals surface area contributed by atoms with Crippen molar-refractivity contribution in [1.82, 2.24) is 0 Å². The third kappa shape index (κ3) is 137. The van der Waals surface area contributed by atoms with E-state index in [0.717, 1.165) is 0 Å². The predicted octanol–water partition coefficient (Wildman–Crippen LogP) is -0.898. The lowest BCUT2D eigenvalue weighted by Crippen LogP contribution is -2.18. The molecule has 5 nitrogen and oxygen atoms in total. The molecule has 0 fully saturated rings. The van der Waals surface area contributed by atoms with Gasteiger partial charge in [-0.05, 0) is 0 Å². The van der Waals surface area contributed by atoms with Gasteiger partial charge < -0.3 is 21.0 Å². The molecule has 0 aliphatic heterocycles. The van der Waals surface area contributed by atoms with Crippen molar-refractivity contribution in [2.45, 2.75) is 0 Å². The number of carbonyl (C=O) groups is 2. The molecule has 2 amide bonds. The van der Waals surface area contributed by atoms with E-state index in [1.54, 1.807) is 14.2 Å². The fourth-order valence-corrected chi connectivity index (χ4v) is 0. The van der Waals surface area contributed by atoms with Crippen LogP contribution in [0.2, 0.25) is 0 Å². The number of urea groups is 1. The second-order valence-electron chi connectivity index (χ2n) is 0.811. The standard InChI is InChI=1S/C2H6O.CH4N2O.CH2O/c1-3-2;2-1(3)4;1-2/h1-2H3;(H4,2,3,4);1H2. The van der Waals surface area contributed by atoms with Gasteiger partial charge in [-0.3, -0.25) is 0 Å². The fourth-order valence-electron chi connectivity index (χ4n) is 0. The number of nitrogens with two attached hydrogens (primary N) is 2. The molecule has 0 radical (unpaired) electrons. The number of primary amides is 2. The Morgan fingerprint density at radius 2 is 1.33 bits per heavy atom. The van der Waals surface area contributed by atoms with Crippen LogP contribution in [0.25, 0.3) is 0 Å². The highest BCUT2D eigenvalue weighted by Gasteiger charge is 1.60. The van der Waals surface area contributed by atoms with Gasteiger partial charge in [0, 0.05) is 14.2 Å². The van der Waals surface area contributed by atoms with Crippen LogP contribution >= 0.6 is 0 Å². The molecular weight excluding hydrogens is 124 g/mol. The molecule has 0 heterocycles. The Morgan fingerprint density at radius 3 is 1.33 bits per heavy atom. The van der Waals surface area contributed by atoms with Gasteiger partial charge in [0.2, 0.25) is 0 Å². The van der Waals surface area contributed by atoms with Gasteiger partial charge in [0.25, 0.3) is 0 Å². The van der Waals surface area contributed by atoms with Crippen LogP contribution in [0.15, 0.2) is 0 Å². The van der Waals surface area contributed by atoms with E-state index >= 15 is 0 Å². The summed E-state index contributed by atoms with van der Waals surface area (Å²) in [5.74, 6) is 0. The number of methoxy groups -OCH3 is 1. The first kappa shape index (κ1) is 15.7. The van der Waals surface area contributed by atoms with E-state index in [9.17, 15) is 0 Å². The molecule has 0 aromatic rings. The van der Waals surface area contributed by atoms with Crippen molar-refractivity contribution in [2.75, 3.05) is 14.2 Å². The Morgan fingerprint density at radius 1 is 1.33 bits per heavy atom. The summed E-state index contributed by atoms with van der Waals surface area (Å²) < 4.78 is 4.25. The third-order valence-electron chi connectivity index (χ3n) is 0. The van der Waals surface area contributed by atoms with E-state index in [1.165, 1.54) is 0 Å². The zero-order valence-corrected chi connectivity index (χ0v) is 5.59. The minimum absolute atomic E-state index is 0.833. The van der Waals surface area contributed by atoms with E-state index in [0.29, 0.717) is 0 Å². The molecule has 0 spiro atoms. The maximum absolute atomic E-state index is 9.00. The number of carbonyl (C=O) groups excluding carboxylic acids is 2. The minimum Gasteiger partial charge on any atom is -0.388 e. The summed E-state index contributed by atoms with van der Waals surface area (Å²) in [6.45, 7) is 2.00. The van der Waals surface area contributed by atoms with Crippen molar-refractivity contribution in [3.63, 3.8) is 0 Å². The lowest BCUT2D eigenvalue weighted by atomic mass is 11.2. The lowest BCUT2D eigenvalue weighted by Gasteiger charge is -1.62. The van der Waals surface area contributed by atoms with Crippen LogP contribution in [0.1, 0.15) is 0 Å². The molecule has 0 aliphatic rings. The Bertz CT molecular complexity index is 53.8. The first-order valence-electron chi connectivity index (χ1n) is 1.89. The summed E-state index contributed by atoms with van der Waals surface area (Å²) in [7, 11) is 3.25. The second kappa shape index (κ2) is 28.6. The van der Waals surface area contributed by atoms with Crippen LogP contribution in [0.5, 0.6) is 0 Å². The number of ether oxygens (including phenoxy) is 1. The number of hydrogen-bond acceptors (Lipinski definition) is 3. The first-order chi connectivity index (χ1) is 4.15. The quantitative estimate of drug-likeness (QED) is 0.451. The maximum Gasteiger partial charge on any atom is 0.309 e. The molecule has 0 aromatic heterocycles. The van der Waals surface area contributed by atoms with Gasteiger partial charge in [0.1, 0.15) is 6.79 Å². The lowest BCUT2D eigenvalue weighted by molar-refractivity contribution is -0.0979. The van der Waals surface area contributed by atoms with Crippen LogP contribution < -0.4 is 11.5 Å². The highest BCUT2D eigenvalue weighted by molar-refractivity contribution is 5.69. The smallest absolute Gasteiger partial charge is 0.309 e. The average molecular weight is 136 g/mol. The molecule has 56 valence electrons. The molecule has 0 aliphatic carbocycles. The van der Waals surface area contributed by atoms with E-state index in [-0.39, 0.29) is 0 Å². The van der Waals surface area contributed by atoms with Gasteiger partial charge >= 0.3 is 6.03 Å². The van der Waals surface area contributed by atoms with Crippen molar-refractivity contribution in [3.8, 4) is 0 Å². The normalized spacial score (nSPS) is 5.11. The molecule has 0 aromatic carbocycles. The molecule has 4 N–H and O–H groups in total. The first-order valence-corrected chi connectivity index (χ1v) is 1.89. The topological polar surface area (TPSA) is 95.4 Å². The Kier molecular flexibility index (Phi) is 49.7. The Balaban J connectivity index is -0.0000000646. The van der Waals surface area contributed by atoms with Crippen LogP contribution in [-0.2, 0) is 9.53 Å². The molecule has 0 unspecified atom stereocenters. The van der Waals surface area contributed by atoms with Crippen molar-refractivity contribution in [1.29, 1.82) is 0 Å². The van der Waals surface area contributed by atoms with Gasteiger partial charge in [0.15, 0.2) is 0 Å². The Labute approximate surface area is 54.0 Å². The van der Waals surface area contributed by atoms with Crippen LogP contribution in [-0.4, -0.2) is 27.0 Å². The second-order valence-corrected chi connectivity index (χ2v) is 0.811. The summed E-state index contributed by atoms with van der Waals surface area (Å²) in [4.78, 5) is 17.0. The maximum atomic E-state index is 9.00. The zero-order valence-electron chi connectivity index (χ0n) is 5.59. The average Bonchev–Trinajstić information content (AvgIpc) is 1.71. The summed E-state index contributed by atoms with van der Waals surface area (Å²) in [6, 6.07) is -0.833. The van der Waals surface area contributed by atoms with Crippen molar-refractivity contribution in [3.05, 3.63) is 0 Å². The van der Waals surface area contributed by atoms with Gasteiger partial charge in [0.05, 0.1) is 0 Å². The molecule has 0 saturated heterocycles. The van der Waals surface area contributed by atoms with Crippen molar-refractivity contribution >= 4 is 12.8 Å². The number of hydrogen-bond donors (Lipinski definition) is 2. The molecule has 5 heteroatoms. The number of rotatable bonds is 0. The van der Waals surface area contributed by atoms with Crippen molar-refractivity contribution in [2.24, 2.45) is 11.5 Å². The summed E-state index contributed by atoms with van der Waals surface area (Å²) in [6.07, 6.45) is 0. The van der Waals surface area contributed by atoms with Gasteiger partial charge in [-0.25, -0.2) is 4.79 Å². The molecule has 0 atom stereocenters. The zero-order chi connectivity index (χ0) is 8.28. The van der Waals surface area contributed by atoms with E-state index in [2.05, 4.69) is 16.2 Å². The van der Waals surface area contributed by atoms with Crippen LogP contribution in [0.4, 0.5) is 4.79 Å². The third-order valence-corrected chi connectivity index (χ3v) is 0. The van der Waals surface area contributed by atoms with Crippen LogP contribution in [0.3, 0.4) is 0 Å². The van der Waals surface area contributed by atoms with Crippen molar-refractivity contribution < 1.29 is 14.3 Å². The molecule has 9 heavy (non-hydrogen) atoms. The molecule has 0 saturated carbocycles. The monoisotopic (exact) mass is 136 g/mol. The molecular formula is C4H12N2O3. The van der Waals surface area contributed by atoms with Gasteiger partial charge in [-0.2, -0.15) is 0 Å². The SMILES string of the molecule is C=O.COC.NC(N)=O. The molecule has 0 bridgehead atoms. The minimum atomic E-state index is -0.833. The summed E-state index contributed by atoms with van der Waals surface area (Å²) in [5.41, 5.74) is 8.50. The van der Waals surface area contributed by atoms with Crippen LogP contribution in [0, 0.1) is 0 Å². The highest BCUT2D eigenvalue weighted by atomic mass is 16.4. The van der Waals surface area contributed by atoms with Gasteiger partial charge in [-0.1, -0.05) is 0 Å². The summed E-state index contributed by atoms with van der Waals surface area (Å²) >= 11 is 0. The fraction of sp³-hybridized carbons (Fsp3) is 0.500. The molecule has 0 rings (SSSR count). The number of amides is 2. The Hall–Kier alpha value is -1.10. The summed E-state index contributed by atoms with van der Waals surface area (Å²) in [5, 5.41) is 0. The largest absolute Gasteiger partial charge is 0.388 e. The highest BCUT2D eigenvalue weighted by Crippen LogP contribution is 1.28. The van der Waals surface area contributed by atoms with E-state index < -0.39 is 6.03 Å². The van der Waals surface area contributed by atoms with Gasteiger partial charge in [-0.15, -0.1) is 0 Å². The van der Waals surface area contributed by atoms with E-state index in [4.69, 9.17) is 9.59 Å².